The van der Waals surface area contributed by atoms with E-state index < -0.39 is 6.09 Å². The molecule has 1 aromatic carbocycles. The first kappa shape index (κ1) is 14.0. The quantitative estimate of drug-likeness (QED) is 0.803. The fourth-order valence-corrected chi connectivity index (χ4v) is 1.62. The predicted molar refractivity (Wildman–Crippen MR) is 67.8 cm³/mol. The molecule has 0 bridgehead atoms. The average molecular weight is 250 g/mol. The molecule has 18 heavy (non-hydrogen) atoms. The summed E-state index contributed by atoms with van der Waals surface area (Å²) < 4.78 is 4.65. The molecule has 0 saturated heterocycles. The Labute approximate surface area is 106 Å². The van der Waals surface area contributed by atoms with Crippen molar-refractivity contribution < 1.29 is 14.3 Å². The van der Waals surface area contributed by atoms with Gasteiger partial charge in [0.25, 0.3) is 0 Å². The third kappa shape index (κ3) is 4.08. The number of ether oxygens (including phenoxy) is 1. The van der Waals surface area contributed by atoms with Crippen LogP contribution < -0.4 is 10.9 Å². The van der Waals surface area contributed by atoms with Crippen LogP contribution in [-0.4, -0.2) is 18.6 Å². The summed E-state index contributed by atoms with van der Waals surface area (Å²) in [6, 6.07) is 9.43. The van der Waals surface area contributed by atoms with E-state index >= 15 is 0 Å². The van der Waals surface area contributed by atoms with Crippen molar-refractivity contribution >= 4 is 12.0 Å². The standard InChI is InChI=1S/C13H18N2O3/c1-3-11(10-8-6-5-7-9-10)12(16)14-15-13(17)18-4-2/h5-9,11H,3-4H2,1-2H3,(H,14,16)(H,15,17). The SMILES string of the molecule is CCOC(=O)NNC(=O)C(CC)c1ccccc1. The van der Waals surface area contributed by atoms with Crippen molar-refractivity contribution in [3.63, 3.8) is 0 Å². The number of rotatable bonds is 4. The van der Waals surface area contributed by atoms with Crippen molar-refractivity contribution in [2.45, 2.75) is 26.2 Å². The normalized spacial score (nSPS) is 11.4. The van der Waals surface area contributed by atoms with E-state index in [1.807, 2.05) is 37.3 Å². The second kappa shape index (κ2) is 7.32. The topological polar surface area (TPSA) is 67.4 Å². The van der Waals surface area contributed by atoms with E-state index in [0.29, 0.717) is 6.42 Å². The van der Waals surface area contributed by atoms with Crippen LogP contribution in [0, 0.1) is 0 Å². The Bertz CT molecular complexity index is 392. The predicted octanol–water partition coefficient (Wildman–Crippen LogP) is 1.96. The molecule has 0 aliphatic heterocycles. The minimum absolute atomic E-state index is 0.253. The Morgan fingerprint density at radius 2 is 1.83 bits per heavy atom. The smallest absolute Gasteiger partial charge is 0.426 e. The lowest BCUT2D eigenvalue weighted by molar-refractivity contribution is -0.123. The molecule has 98 valence electrons. The molecule has 0 spiro atoms. The maximum atomic E-state index is 11.9. The molecule has 0 radical (unpaired) electrons. The summed E-state index contributed by atoms with van der Waals surface area (Å²) in [7, 11) is 0. The van der Waals surface area contributed by atoms with Gasteiger partial charge in [0.1, 0.15) is 0 Å². The third-order valence-electron chi connectivity index (χ3n) is 2.49. The molecule has 1 atom stereocenters. The zero-order valence-electron chi connectivity index (χ0n) is 10.6. The van der Waals surface area contributed by atoms with Gasteiger partial charge in [-0.3, -0.25) is 10.2 Å². The van der Waals surface area contributed by atoms with Crippen LogP contribution in [-0.2, 0) is 9.53 Å². The summed E-state index contributed by atoms with van der Waals surface area (Å²) in [5, 5.41) is 0. The first-order chi connectivity index (χ1) is 8.69. The van der Waals surface area contributed by atoms with Crippen molar-refractivity contribution in [2.24, 2.45) is 0 Å². The van der Waals surface area contributed by atoms with E-state index in [9.17, 15) is 9.59 Å². The van der Waals surface area contributed by atoms with Crippen molar-refractivity contribution in [3.8, 4) is 0 Å². The highest BCUT2D eigenvalue weighted by molar-refractivity contribution is 5.85. The number of hydrogen-bond donors (Lipinski definition) is 2. The van der Waals surface area contributed by atoms with Crippen LogP contribution >= 0.6 is 0 Å². The largest absolute Gasteiger partial charge is 0.449 e. The van der Waals surface area contributed by atoms with Gasteiger partial charge in [-0.1, -0.05) is 37.3 Å². The number of benzene rings is 1. The van der Waals surface area contributed by atoms with Crippen molar-refractivity contribution in [1.82, 2.24) is 10.9 Å². The van der Waals surface area contributed by atoms with Crippen molar-refractivity contribution in [2.75, 3.05) is 6.61 Å². The highest BCUT2D eigenvalue weighted by Gasteiger charge is 2.18. The van der Waals surface area contributed by atoms with Gasteiger partial charge in [0.05, 0.1) is 12.5 Å². The molecule has 1 rings (SSSR count). The summed E-state index contributed by atoms with van der Waals surface area (Å²) in [5.74, 6) is -0.537. The van der Waals surface area contributed by atoms with Gasteiger partial charge in [-0.2, -0.15) is 0 Å². The van der Waals surface area contributed by atoms with Crippen LogP contribution in [0.2, 0.25) is 0 Å². The van der Waals surface area contributed by atoms with E-state index in [4.69, 9.17) is 0 Å². The highest BCUT2D eigenvalue weighted by Crippen LogP contribution is 2.18. The van der Waals surface area contributed by atoms with Gasteiger partial charge in [0.2, 0.25) is 5.91 Å². The van der Waals surface area contributed by atoms with Crippen LogP contribution in [0.3, 0.4) is 0 Å². The molecule has 0 aromatic heterocycles. The maximum absolute atomic E-state index is 11.9. The summed E-state index contributed by atoms with van der Waals surface area (Å²) in [5.41, 5.74) is 5.48. The van der Waals surface area contributed by atoms with Gasteiger partial charge in [0, 0.05) is 0 Å². The van der Waals surface area contributed by atoms with Gasteiger partial charge in [-0.25, -0.2) is 10.2 Å². The highest BCUT2D eigenvalue weighted by atomic mass is 16.5. The molecule has 5 heteroatoms. The third-order valence-corrected chi connectivity index (χ3v) is 2.49. The van der Waals surface area contributed by atoms with Gasteiger partial charge in [-0.05, 0) is 18.9 Å². The van der Waals surface area contributed by atoms with Crippen molar-refractivity contribution in [1.29, 1.82) is 0 Å². The van der Waals surface area contributed by atoms with Gasteiger partial charge >= 0.3 is 6.09 Å². The minimum Gasteiger partial charge on any atom is -0.449 e. The molecule has 2 N–H and O–H groups in total. The van der Waals surface area contributed by atoms with Gasteiger partial charge in [0.15, 0.2) is 0 Å². The number of hydrazine groups is 1. The Kier molecular flexibility index (Phi) is 5.70. The Hall–Kier alpha value is -2.04. The van der Waals surface area contributed by atoms with Crippen LogP contribution in [0.4, 0.5) is 4.79 Å². The molecular formula is C13H18N2O3. The van der Waals surface area contributed by atoms with Gasteiger partial charge in [-0.15, -0.1) is 0 Å². The first-order valence-electron chi connectivity index (χ1n) is 5.96. The zero-order chi connectivity index (χ0) is 13.4. The van der Waals surface area contributed by atoms with Crippen LogP contribution in [0.15, 0.2) is 30.3 Å². The average Bonchev–Trinajstić information content (AvgIpc) is 2.39. The fourth-order valence-electron chi connectivity index (χ4n) is 1.62. The Morgan fingerprint density at radius 3 is 2.39 bits per heavy atom. The number of carbonyl (C=O) groups excluding carboxylic acids is 2. The minimum atomic E-state index is -0.659. The van der Waals surface area contributed by atoms with E-state index in [1.54, 1.807) is 6.92 Å². The Balaban J connectivity index is 2.56. The molecular weight excluding hydrogens is 232 g/mol. The van der Waals surface area contributed by atoms with Gasteiger partial charge < -0.3 is 4.74 Å². The van der Waals surface area contributed by atoms with E-state index in [0.717, 1.165) is 5.56 Å². The number of amides is 2. The van der Waals surface area contributed by atoms with Crippen LogP contribution in [0.25, 0.3) is 0 Å². The number of carbonyl (C=O) groups is 2. The fraction of sp³-hybridized carbons (Fsp3) is 0.385. The molecule has 1 unspecified atom stereocenters. The molecule has 0 aliphatic carbocycles. The summed E-state index contributed by atoms with van der Waals surface area (Å²) in [6.07, 6.45) is -0.00542. The summed E-state index contributed by atoms with van der Waals surface area (Å²) >= 11 is 0. The molecule has 0 fully saturated rings. The second-order valence-electron chi connectivity index (χ2n) is 3.71. The van der Waals surface area contributed by atoms with Crippen molar-refractivity contribution in [3.05, 3.63) is 35.9 Å². The number of nitrogens with one attached hydrogen (secondary N) is 2. The Morgan fingerprint density at radius 1 is 1.17 bits per heavy atom. The molecule has 2 amide bonds. The molecule has 5 nitrogen and oxygen atoms in total. The molecule has 1 aromatic rings. The lowest BCUT2D eigenvalue weighted by Crippen LogP contribution is -2.44. The van der Waals surface area contributed by atoms with E-state index in [1.165, 1.54) is 0 Å². The van der Waals surface area contributed by atoms with Crippen LogP contribution in [0.1, 0.15) is 31.7 Å². The lowest BCUT2D eigenvalue weighted by Gasteiger charge is -2.15. The molecule has 0 aliphatic rings. The second-order valence-corrected chi connectivity index (χ2v) is 3.71. The lowest BCUT2D eigenvalue weighted by atomic mass is 9.96. The van der Waals surface area contributed by atoms with E-state index in [2.05, 4.69) is 15.6 Å². The maximum Gasteiger partial charge on any atom is 0.426 e. The summed E-state index contributed by atoms with van der Waals surface area (Å²) in [6.45, 7) is 3.87. The first-order valence-corrected chi connectivity index (χ1v) is 5.96. The molecule has 0 heterocycles. The number of hydrogen-bond acceptors (Lipinski definition) is 3. The summed E-state index contributed by atoms with van der Waals surface area (Å²) in [4.78, 5) is 22.9. The van der Waals surface area contributed by atoms with Crippen LogP contribution in [0.5, 0.6) is 0 Å². The monoisotopic (exact) mass is 250 g/mol. The molecule has 0 saturated carbocycles. The zero-order valence-corrected chi connectivity index (χ0v) is 10.6. The van der Waals surface area contributed by atoms with E-state index in [-0.39, 0.29) is 18.4 Å².